The number of sulfonamides is 2. The SMILES string of the molecule is CS(=O)(=O)Nc1cccc(C(=O)c2cccc(NS(C)(=O)=O)c2)c1. The zero-order chi connectivity index (χ0) is 18.0. The molecule has 2 rings (SSSR count). The third-order valence-corrected chi connectivity index (χ3v) is 4.07. The molecule has 0 aliphatic rings. The summed E-state index contributed by atoms with van der Waals surface area (Å²) in [6.45, 7) is 0. The molecule has 0 saturated heterocycles. The number of hydrogen-bond acceptors (Lipinski definition) is 5. The molecule has 0 atom stereocenters. The van der Waals surface area contributed by atoms with Crippen LogP contribution in [0.5, 0.6) is 0 Å². The molecular formula is C15H16N2O5S2. The van der Waals surface area contributed by atoms with Crippen LogP contribution in [0.25, 0.3) is 0 Å². The number of carbonyl (C=O) groups is 1. The van der Waals surface area contributed by atoms with Gasteiger partial charge in [0.15, 0.2) is 5.78 Å². The van der Waals surface area contributed by atoms with E-state index in [1.165, 1.54) is 24.3 Å². The summed E-state index contributed by atoms with van der Waals surface area (Å²) < 4.78 is 49.7. The smallest absolute Gasteiger partial charge is 0.229 e. The fourth-order valence-corrected chi connectivity index (χ4v) is 3.15. The van der Waals surface area contributed by atoms with Crippen molar-refractivity contribution >= 4 is 37.2 Å². The Morgan fingerprint density at radius 1 is 0.750 bits per heavy atom. The van der Waals surface area contributed by atoms with Gasteiger partial charge in [0.05, 0.1) is 12.5 Å². The molecule has 0 unspecified atom stereocenters. The molecule has 7 nitrogen and oxygen atoms in total. The van der Waals surface area contributed by atoms with E-state index in [0.29, 0.717) is 0 Å². The fraction of sp³-hybridized carbons (Fsp3) is 0.133. The minimum absolute atomic E-state index is 0.272. The van der Waals surface area contributed by atoms with Gasteiger partial charge in [0, 0.05) is 22.5 Å². The number of benzene rings is 2. The molecule has 0 aliphatic heterocycles. The van der Waals surface area contributed by atoms with Crippen LogP contribution in [0.15, 0.2) is 48.5 Å². The summed E-state index contributed by atoms with van der Waals surface area (Å²) in [4.78, 5) is 12.5. The van der Waals surface area contributed by atoms with Gasteiger partial charge in [-0.3, -0.25) is 14.2 Å². The molecule has 2 N–H and O–H groups in total. The summed E-state index contributed by atoms with van der Waals surface area (Å²) in [6, 6.07) is 12.1. The van der Waals surface area contributed by atoms with Gasteiger partial charge < -0.3 is 0 Å². The van der Waals surface area contributed by atoms with Crippen molar-refractivity contribution in [2.24, 2.45) is 0 Å². The minimum Gasteiger partial charge on any atom is -0.289 e. The molecule has 0 bridgehead atoms. The van der Waals surface area contributed by atoms with Crippen LogP contribution >= 0.6 is 0 Å². The average molecular weight is 368 g/mol. The number of carbonyl (C=O) groups excluding carboxylic acids is 1. The molecule has 0 aromatic heterocycles. The molecule has 0 amide bonds. The van der Waals surface area contributed by atoms with Gasteiger partial charge in [-0.15, -0.1) is 0 Å². The van der Waals surface area contributed by atoms with E-state index in [0.717, 1.165) is 12.5 Å². The maximum atomic E-state index is 12.5. The van der Waals surface area contributed by atoms with Crippen LogP contribution in [0, 0.1) is 0 Å². The lowest BCUT2D eigenvalue weighted by molar-refractivity contribution is 0.103. The highest BCUT2D eigenvalue weighted by molar-refractivity contribution is 7.92. The van der Waals surface area contributed by atoms with Gasteiger partial charge in [-0.05, 0) is 24.3 Å². The molecule has 128 valence electrons. The molecular weight excluding hydrogens is 352 g/mol. The predicted molar refractivity (Wildman–Crippen MR) is 93.2 cm³/mol. The third kappa shape index (κ3) is 5.36. The van der Waals surface area contributed by atoms with Crippen molar-refractivity contribution in [1.82, 2.24) is 0 Å². The Morgan fingerprint density at radius 2 is 1.12 bits per heavy atom. The Kier molecular flexibility index (Phi) is 4.95. The zero-order valence-electron chi connectivity index (χ0n) is 13.0. The number of hydrogen-bond donors (Lipinski definition) is 2. The van der Waals surface area contributed by atoms with Gasteiger partial charge in [0.2, 0.25) is 20.0 Å². The van der Waals surface area contributed by atoms with Crippen molar-refractivity contribution in [2.75, 3.05) is 22.0 Å². The second-order valence-electron chi connectivity index (χ2n) is 5.24. The standard InChI is InChI=1S/C15H16N2O5S2/c1-23(19,20)16-13-7-3-5-11(9-13)15(18)12-6-4-8-14(10-12)17-24(2,21)22/h3-10,16-17H,1-2H3. The van der Waals surface area contributed by atoms with E-state index in [1.807, 2.05) is 0 Å². The van der Waals surface area contributed by atoms with E-state index < -0.39 is 20.0 Å². The van der Waals surface area contributed by atoms with Crippen molar-refractivity contribution in [3.05, 3.63) is 59.7 Å². The van der Waals surface area contributed by atoms with E-state index in [4.69, 9.17) is 0 Å². The highest BCUT2D eigenvalue weighted by atomic mass is 32.2. The van der Waals surface area contributed by atoms with Crippen LogP contribution in [0.2, 0.25) is 0 Å². The van der Waals surface area contributed by atoms with E-state index in [9.17, 15) is 21.6 Å². The van der Waals surface area contributed by atoms with E-state index in [1.54, 1.807) is 24.3 Å². The quantitative estimate of drug-likeness (QED) is 0.754. The monoisotopic (exact) mass is 368 g/mol. The maximum absolute atomic E-state index is 12.5. The van der Waals surface area contributed by atoms with Gasteiger partial charge in [0.25, 0.3) is 0 Å². The van der Waals surface area contributed by atoms with E-state index >= 15 is 0 Å². The van der Waals surface area contributed by atoms with Crippen molar-refractivity contribution < 1.29 is 21.6 Å². The number of nitrogens with one attached hydrogen (secondary N) is 2. The molecule has 24 heavy (non-hydrogen) atoms. The molecule has 2 aromatic rings. The number of ketones is 1. The van der Waals surface area contributed by atoms with Gasteiger partial charge in [-0.25, -0.2) is 16.8 Å². The van der Waals surface area contributed by atoms with Gasteiger partial charge in [-0.1, -0.05) is 24.3 Å². The van der Waals surface area contributed by atoms with Gasteiger partial charge in [0.1, 0.15) is 0 Å². The molecule has 0 aliphatic carbocycles. The van der Waals surface area contributed by atoms with Crippen LogP contribution < -0.4 is 9.44 Å². The summed E-state index contributed by atoms with van der Waals surface area (Å²) in [5, 5.41) is 0. The third-order valence-electron chi connectivity index (χ3n) is 2.86. The molecule has 0 saturated carbocycles. The molecule has 0 fully saturated rings. The van der Waals surface area contributed by atoms with E-state index in [2.05, 4.69) is 9.44 Å². The molecule has 0 heterocycles. The topological polar surface area (TPSA) is 109 Å². The molecule has 0 radical (unpaired) electrons. The van der Waals surface area contributed by atoms with Gasteiger partial charge in [-0.2, -0.15) is 0 Å². The van der Waals surface area contributed by atoms with Crippen LogP contribution in [0.4, 0.5) is 11.4 Å². The van der Waals surface area contributed by atoms with Crippen molar-refractivity contribution in [1.29, 1.82) is 0 Å². The molecule has 9 heteroatoms. The first-order chi connectivity index (χ1) is 11.0. The Balaban J connectivity index is 2.32. The zero-order valence-corrected chi connectivity index (χ0v) is 14.6. The Labute approximate surface area is 140 Å². The number of anilines is 2. The average Bonchev–Trinajstić information content (AvgIpc) is 2.43. The highest BCUT2D eigenvalue weighted by Crippen LogP contribution is 2.18. The second kappa shape index (κ2) is 6.62. The van der Waals surface area contributed by atoms with Crippen molar-refractivity contribution in [2.45, 2.75) is 0 Å². The lowest BCUT2D eigenvalue weighted by atomic mass is 10.0. The van der Waals surface area contributed by atoms with E-state index in [-0.39, 0.29) is 28.3 Å². The Bertz CT molecular complexity index is 903. The second-order valence-corrected chi connectivity index (χ2v) is 8.74. The summed E-state index contributed by atoms with van der Waals surface area (Å²) in [7, 11) is -6.90. The summed E-state index contributed by atoms with van der Waals surface area (Å²) in [5.74, 6) is -0.357. The summed E-state index contributed by atoms with van der Waals surface area (Å²) in [6.07, 6.45) is 2.03. The first-order valence-electron chi connectivity index (χ1n) is 6.74. The van der Waals surface area contributed by atoms with Crippen molar-refractivity contribution in [3.8, 4) is 0 Å². The number of rotatable bonds is 6. The highest BCUT2D eigenvalue weighted by Gasteiger charge is 2.12. The molecule has 0 spiro atoms. The van der Waals surface area contributed by atoms with Gasteiger partial charge >= 0.3 is 0 Å². The largest absolute Gasteiger partial charge is 0.289 e. The first kappa shape index (κ1) is 18.0. The van der Waals surface area contributed by atoms with Crippen LogP contribution in [-0.2, 0) is 20.0 Å². The van der Waals surface area contributed by atoms with Crippen molar-refractivity contribution in [3.63, 3.8) is 0 Å². The minimum atomic E-state index is -3.45. The Morgan fingerprint density at radius 3 is 1.46 bits per heavy atom. The normalized spacial score (nSPS) is 11.8. The predicted octanol–water partition coefficient (Wildman–Crippen LogP) is 1.66. The maximum Gasteiger partial charge on any atom is 0.229 e. The van der Waals surface area contributed by atoms with Crippen LogP contribution in [0.3, 0.4) is 0 Å². The Hall–Kier alpha value is -2.39. The first-order valence-corrected chi connectivity index (χ1v) is 10.5. The van der Waals surface area contributed by atoms with Crippen LogP contribution in [0.1, 0.15) is 15.9 Å². The van der Waals surface area contributed by atoms with Crippen LogP contribution in [-0.4, -0.2) is 35.1 Å². The summed E-state index contributed by atoms with van der Waals surface area (Å²) in [5.41, 5.74) is 1.10. The fourth-order valence-electron chi connectivity index (χ4n) is 2.04. The lowest BCUT2D eigenvalue weighted by Gasteiger charge is -2.08. The molecule has 2 aromatic carbocycles. The summed E-state index contributed by atoms with van der Waals surface area (Å²) >= 11 is 0. The lowest BCUT2D eigenvalue weighted by Crippen LogP contribution is -2.11.